The van der Waals surface area contributed by atoms with Crippen LogP contribution in [0, 0.1) is 5.82 Å². The fourth-order valence-corrected chi connectivity index (χ4v) is 5.13. The highest BCUT2D eigenvalue weighted by Gasteiger charge is 2.73. The van der Waals surface area contributed by atoms with Gasteiger partial charge in [-0.3, -0.25) is 9.59 Å². The number of ether oxygens (including phenoxy) is 1. The van der Waals surface area contributed by atoms with Gasteiger partial charge in [-0.1, -0.05) is 24.8 Å². The first-order chi connectivity index (χ1) is 14.7. The summed E-state index contributed by atoms with van der Waals surface area (Å²) in [6, 6.07) is 9.53. The number of amides is 2. The van der Waals surface area contributed by atoms with E-state index in [0.29, 0.717) is 11.1 Å². The first-order valence-corrected chi connectivity index (χ1v) is 10.2. The minimum absolute atomic E-state index is 0.000311. The summed E-state index contributed by atoms with van der Waals surface area (Å²) >= 11 is 13.8. The molecule has 2 aromatic rings. The topological polar surface area (TPSA) is 66.8 Å². The van der Waals surface area contributed by atoms with E-state index < -0.39 is 33.3 Å². The lowest BCUT2D eigenvalue weighted by Gasteiger charge is -2.42. The highest BCUT2D eigenvalue weighted by Crippen LogP contribution is 2.60. The van der Waals surface area contributed by atoms with E-state index in [9.17, 15) is 19.1 Å². The number of imide groups is 1. The second-order valence-corrected chi connectivity index (χ2v) is 8.65. The van der Waals surface area contributed by atoms with Crippen molar-refractivity contribution in [3.8, 4) is 11.5 Å². The number of methoxy groups -OCH3 is 1. The molecule has 0 radical (unpaired) electrons. The number of hydrogen-bond acceptors (Lipinski definition) is 4. The van der Waals surface area contributed by atoms with Crippen LogP contribution in [0.5, 0.6) is 11.5 Å². The number of phenolic OH excluding ortho intramolecular Hbond substituents is 1. The van der Waals surface area contributed by atoms with E-state index in [1.54, 1.807) is 18.2 Å². The van der Waals surface area contributed by atoms with Crippen LogP contribution in [-0.2, 0) is 9.59 Å². The van der Waals surface area contributed by atoms with E-state index >= 15 is 0 Å². The maximum Gasteiger partial charge on any atom is 0.258 e. The molecule has 1 heterocycles. The van der Waals surface area contributed by atoms with Gasteiger partial charge in [-0.2, -0.15) is 0 Å². The van der Waals surface area contributed by atoms with Gasteiger partial charge in [-0.05, 0) is 54.0 Å². The lowest BCUT2D eigenvalue weighted by molar-refractivity contribution is -0.122. The second kappa shape index (κ2) is 7.39. The molecular formula is C23H18Cl2FNO4. The molecule has 1 saturated heterocycles. The number of aromatic hydroxyl groups is 1. The van der Waals surface area contributed by atoms with Crippen molar-refractivity contribution in [1.29, 1.82) is 0 Å². The number of fused-ring (bicyclic) bond motifs is 1. The van der Waals surface area contributed by atoms with Crippen LogP contribution >= 0.6 is 23.2 Å². The lowest BCUT2D eigenvalue weighted by Crippen LogP contribution is -2.54. The highest BCUT2D eigenvalue weighted by atomic mass is 35.5. The third-order valence-corrected chi connectivity index (χ3v) is 7.25. The van der Waals surface area contributed by atoms with Crippen LogP contribution < -0.4 is 9.64 Å². The molecule has 2 aliphatic rings. The molecule has 5 nitrogen and oxygen atoms in total. The maximum atomic E-state index is 13.7. The number of rotatable bonds is 4. The average molecular weight is 462 g/mol. The number of phenols is 1. The molecule has 0 aromatic heterocycles. The normalized spacial score (nSPS) is 27.7. The molecule has 31 heavy (non-hydrogen) atoms. The van der Waals surface area contributed by atoms with E-state index in [2.05, 4.69) is 6.58 Å². The van der Waals surface area contributed by atoms with Crippen molar-refractivity contribution in [3.05, 3.63) is 78.1 Å². The summed E-state index contributed by atoms with van der Waals surface area (Å²) in [6.45, 7) is 3.81. The molecule has 0 saturated carbocycles. The zero-order valence-electron chi connectivity index (χ0n) is 16.4. The monoisotopic (exact) mass is 461 g/mol. The third-order valence-electron chi connectivity index (χ3n) is 5.84. The zero-order chi connectivity index (χ0) is 22.6. The fourth-order valence-electron chi connectivity index (χ4n) is 4.29. The van der Waals surface area contributed by atoms with Crippen LogP contribution in [0.15, 0.2) is 66.8 Å². The SMILES string of the molecule is C=CC1=CCC2(Cl)C(=O)N(c3ccc(F)cc3)C(=O)C2(Cl)C1c1ccc(OC)c(O)c1. The Morgan fingerprint density at radius 2 is 1.87 bits per heavy atom. The standard InChI is InChI=1S/C23H18Cl2FNO4/c1-3-13-10-11-22(24)20(29)27(16-7-5-15(26)6-8-16)21(30)23(22,25)19(13)14-4-9-18(31-2)17(28)12-14/h3-10,12,19,28H,1,11H2,2H3. The van der Waals surface area contributed by atoms with Crippen molar-refractivity contribution in [1.82, 2.24) is 0 Å². The first kappa shape index (κ1) is 21.4. The smallest absolute Gasteiger partial charge is 0.258 e. The van der Waals surface area contributed by atoms with Crippen molar-refractivity contribution < 1.29 is 23.8 Å². The number of alkyl halides is 2. The van der Waals surface area contributed by atoms with Crippen molar-refractivity contribution >= 4 is 40.7 Å². The number of benzene rings is 2. The minimum atomic E-state index is -1.90. The second-order valence-electron chi connectivity index (χ2n) is 7.41. The molecule has 3 unspecified atom stereocenters. The predicted octanol–water partition coefficient (Wildman–Crippen LogP) is 4.67. The number of hydrogen-bond donors (Lipinski definition) is 1. The number of allylic oxidation sites excluding steroid dienone is 3. The zero-order valence-corrected chi connectivity index (χ0v) is 18.0. The van der Waals surface area contributed by atoms with Gasteiger partial charge < -0.3 is 9.84 Å². The fraction of sp³-hybridized carbons (Fsp3) is 0.217. The predicted molar refractivity (Wildman–Crippen MR) is 116 cm³/mol. The van der Waals surface area contributed by atoms with E-state index in [4.69, 9.17) is 27.9 Å². The molecule has 0 bridgehead atoms. The van der Waals surface area contributed by atoms with Crippen LogP contribution in [0.25, 0.3) is 0 Å². The molecule has 2 aromatic carbocycles. The molecular weight excluding hydrogens is 444 g/mol. The summed E-state index contributed by atoms with van der Waals surface area (Å²) in [5, 5.41) is 10.3. The van der Waals surface area contributed by atoms with Crippen LogP contribution in [0.1, 0.15) is 17.9 Å². The number of carbonyl (C=O) groups is 2. The molecule has 4 rings (SSSR count). The molecule has 160 valence electrons. The van der Waals surface area contributed by atoms with E-state index in [-0.39, 0.29) is 23.6 Å². The van der Waals surface area contributed by atoms with Gasteiger partial charge >= 0.3 is 0 Å². The Balaban J connectivity index is 1.91. The molecule has 3 atom stereocenters. The Morgan fingerprint density at radius 1 is 1.19 bits per heavy atom. The van der Waals surface area contributed by atoms with Crippen LogP contribution in [0.2, 0.25) is 0 Å². The number of halogens is 3. The first-order valence-electron chi connectivity index (χ1n) is 9.40. The van der Waals surface area contributed by atoms with Crippen molar-refractivity contribution in [3.63, 3.8) is 0 Å². The lowest BCUT2D eigenvalue weighted by atomic mass is 9.68. The van der Waals surface area contributed by atoms with Crippen molar-refractivity contribution in [2.24, 2.45) is 0 Å². The van der Waals surface area contributed by atoms with Gasteiger partial charge in [0.1, 0.15) is 5.82 Å². The largest absolute Gasteiger partial charge is 0.504 e. The molecule has 8 heteroatoms. The van der Waals surface area contributed by atoms with Gasteiger partial charge in [0.05, 0.1) is 12.8 Å². The summed E-state index contributed by atoms with van der Waals surface area (Å²) < 4.78 is 18.5. The third kappa shape index (κ3) is 2.89. The van der Waals surface area contributed by atoms with Gasteiger partial charge in [-0.15, -0.1) is 23.2 Å². The summed E-state index contributed by atoms with van der Waals surface area (Å²) in [5.41, 5.74) is 1.23. The molecule has 1 aliphatic carbocycles. The summed E-state index contributed by atoms with van der Waals surface area (Å²) in [6.07, 6.45) is 3.26. The van der Waals surface area contributed by atoms with Gasteiger partial charge in [0.25, 0.3) is 11.8 Å². The van der Waals surface area contributed by atoms with Gasteiger partial charge in [-0.25, -0.2) is 9.29 Å². The highest BCUT2D eigenvalue weighted by molar-refractivity contribution is 6.58. The van der Waals surface area contributed by atoms with E-state index in [0.717, 1.165) is 17.0 Å². The Kier molecular flexibility index (Phi) is 5.10. The molecule has 1 N–H and O–H groups in total. The molecule has 0 spiro atoms. The van der Waals surface area contributed by atoms with Crippen LogP contribution in [0.3, 0.4) is 0 Å². The van der Waals surface area contributed by atoms with Crippen LogP contribution in [0.4, 0.5) is 10.1 Å². The van der Waals surface area contributed by atoms with Gasteiger partial charge in [0.15, 0.2) is 21.2 Å². The Morgan fingerprint density at radius 3 is 2.45 bits per heavy atom. The maximum absolute atomic E-state index is 13.7. The molecule has 1 aliphatic heterocycles. The Labute approximate surface area is 188 Å². The summed E-state index contributed by atoms with van der Waals surface area (Å²) in [7, 11) is 1.41. The van der Waals surface area contributed by atoms with E-state index in [1.807, 2.05) is 0 Å². The van der Waals surface area contributed by atoms with Gasteiger partial charge in [0, 0.05) is 5.92 Å². The molecule has 2 amide bonds. The Bertz CT molecular complexity index is 1130. The van der Waals surface area contributed by atoms with E-state index in [1.165, 1.54) is 31.4 Å². The number of anilines is 1. The number of carbonyl (C=O) groups excluding carboxylic acids is 2. The summed E-state index contributed by atoms with van der Waals surface area (Å²) in [5.74, 6) is -2.72. The molecule has 1 fully saturated rings. The average Bonchev–Trinajstić information content (AvgIpc) is 2.91. The Hall–Kier alpha value is -2.83. The number of nitrogens with zero attached hydrogens (tertiary/aromatic N) is 1. The minimum Gasteiger partial charge on any atom is -0.504 e. The summed E-state index contributed by atoms with van der Waals surface area (Å²) in [4.78, 5) is 24.2. The van der Waals surface area contributed by atoms with Crippen LogP contribution in [-0.4, -0.2) is 33.8 Å². The van der Waals surface area contributed by atoms with Gasteiger partial charge in [0.2, 0.25) is 0 Å². The van der Waals surface area contributed by atoms with Crippen molar-refractivity contribution in [2.45, 2.75) is 22.1 Å². The quantitative estimate of drug-likeness (QED) is 0.530. The van der Waals surface area contributed by atoms with Crippen molar-refractivity contribution in [2.75, 3.05) is 12.0 Å².